The number of nitro groups is 1. The summed E-state index contributed by atoms with van der Waals surface area (Å²) in [6.07, 6.45) is 0. The number of benzene rings is 1. The quantitative estimate of drug-likeness (QED) is 0.251. The maximum Gasteiger partial charge on any atom is 0.269 e. The Morgan fingerprint density at radius 2 is 1.43 bits per heavy atom. The van der Waals surface area contributed by atoms with Crippen molar-refractivity contribution in [1.29, 1.82) is 0 Å². The number of carbonyl (C=O) groups excluding carboxylic acids is 1. The number of nitro benzene ring substituents is 1. The van der Waals surface area contributed by atoms with Crippen molar-refractivity contribution in [1.82, 2.24) is 0 Å². The van der Waals surface area contributed by atoms with Gasteiger partial charge < -0.3 is 0 Å². The third-order valence-electron chi connectivity index (χ3n) is 4.60. The fourth-order valence-corrected chi connectivity index (χ4v) is 8.60. The first-order valence-corrected chi connectivity index (χ1v) is 10.2. The Kier molecular flexibility index (Phi) is 6.28. The molecule has 0 saturated heterocycles. The summed E-state index contributed by atoms with van der Waals surface area (Å²) in [5.74, 6) is 2.57. The van der Waals surface area contributed by atoms with Gasteiger partial charge in [0.1, 0.15) is 8.07 Å². The second-order valence-corrected chi connectivity index (χ2v) is 12.4. The molecule has 0 aromatic heterocycles. The Hall–Kier alpha value is -1.93. The average molecular weight is 331 g/mol. The molecule has 124 valence electrons. The number of carbonyl (C=O) groups is 1. The standard InChI is InChI=1S/C18H25NO3Si/c1-13(2)23(14(3)4,15(5)6)12-11-18(20)16-7-9-17(10-8-16)19(21)22/h7-10,13-15H,1-6H3. The van der Waals surface area contributed by atoms with E-state index in [2.05, 4.69) is 53.0 Å². The van der Waals surface area contributed by atoms with Crippen LogP contribution < -0.4 is 0 Å². The molecule has 5 heteroatoms. The van der Waals surface area contributed by atoms with Crippen LogP contribution in [0, 0.1) is 21.6 Å². The lowest BCUT2D eigenvalue weighted by atomic mass is 10.1. The molecule has 0 unspecified atom stereocenters. The molecule has 0 fully saturated rings. The highest BCUT2D eigenvalue weighted by Gasteiger charge is 2.41. The molecule has 0 radical (unpaired) electrons. The monoisotopic (exact) mass is 331 g/mol. The third-order valence-corrected chi connectivity index (χ3v) is 10.9. The van der Waals surface area contributed by atoms with Gasteiger partial charge in [-0.25, -0.2) is 0 Å². The van der Waals surface area contributed by atoms with Crippen molar-refractivity contribution < 1.29 is 9.72 Å². The molecule has 23 heavy (non-hydrogen) atoms. The van der Waals surface area contributed by atoms with Crippen LogP contribution in [0.2, 0.25) is 16.6 Å². The van der Waals surface area contributed by atoms with Gasteiger partial charge in [-0.05, 0) is 34.7 Å². The normalized spacial score (nSPS) is 11.5. The minimum Gasteiger partial charge on any atom is -0.279 e. The van der Waals surface area contributed by atoms with Crippen molar-refractivity contribution in [2.45, 2.75) is 58.2 Å². The average Bonchev–Trinajstić information content (AvgIpc) is 2.46. The van der Waals surface area contributed by atoms with Crippen molar-refractivity contribution in [3.63, 3.8) is 0 Å². The van der Waals surface area contributed by atoms with Crippen molar-refractivity contribution in [2.24, 2.45) is 0 Å². The predicted octanol–water partition coefficient (Wildman–Crippen LogP) is 5.00. The second-order valence-electron chi connectivity index (χ2n) is 6.78. The topological polar surface area (TPSA) is 60.2 Å². The van der Waals surface area contributed by atoms with E-state index in [1.165, 1.54) is 24.3 Å². The number of ketones is 1. The van der Waals surface area contributed by atoms with Crippen LogP contribution in [0.4, 0.5) is 5.69 Å². The van der Waals surface area contributed by atoms with Crippen LogP contribution in [0.3, 0.4) is 0 Å². The van der Waals surface area contributed by atoms with Crippen LogP contribution in [-0.4, -0.2) is 18.8 Å². The predicted molar refractivity (Wildman–Crippen MR) is 96.3 cm³/mol. The maximum absolute atomic E-state index is 12.3. The zero-order chi connectivity index (χ0) is 17.8. The van der Waals surface area contributed by atoms with Crippen LogP contribution in [-0.2, 0) is 0 Å². The molecule has 1 aromatic carbocycles. The third kappa shape index (κ3) is 4.08. The van der Waals surface area contributed by atoms with Crippen molar-refractivity contribution in [2.75, 3.05) is 0 Å². The fraction of sp³-hybridized carbons (Fsp3) is 0.500. The van der Waals surface area contributed by atoms with E-state index in [0.29, 0.717) is 22.2 Å². The van der Waals surface area contributed by atoms with Crippen LogP contribution in [0.25, 0.3) is 0 Å². The zero-order valence-corrected chi connectivity index (χ0v) is 15.7. The van der Waals surface area contributed by atoms with Crippen molar-refractivity contribution in [3.05, 3.63) is 39.9 Å². The Morgan fingerprint density at radius 3 is 1.78 bits per heavy atom. The smallest absolute Gasteiger partial charge is 0.269 e. The summed E-state index contributed by atoms with van der Waals surface area (Å²) in [6.45, 7) is 13.2. The Labute approximate surface area is 139 Å². The van der Waals surface area contributed by atoms with Gasteiger partial charge in [-0.15, -0.1) is 5.54 Å². The summed E-state index contributed by atoms with van der Waals surface area (Å²) in [5.41, 5.74) is 5.13. The van der Waals surface area contributed by atoms with Gasteiger partial charge in [0.25, 0.3) is 5.69 Å². The van der Waals surface area contributed by atoms with Crippen molar-refractivity contribution in [3.8, 4) is 11.5 Å². The van der Waals surface area contributed by atoms with Crippen LogP contribution in [0.15, 0.2) is 24.3 Å². The minimum atomic E-state index is -1.94. The molecule has 0 heterocycles. The fourth-order valence-electron chi connectivity index (χ4n) is 3.40. The van der Waals surface area contributed by atoms with E-state index in [0.717, 1.165) is 0 Å². The Bertz CT molecular complexity index is 615. The highest BCUT2D eigenvalue weighted by Crippen LogP contribution is 2.40. The molecule has 0 aliphatic carbocycles. The number of rotatable bonds is 5. The molecule has 0 atom stereocenters. The first-order valence-electron chi connectivity index (χ1n) is 7.94. The summed E-state index contributed by atoms with van der Waals surface area (Å²) in [4.78, 5) is 22.5. The van der Waals surface area contributed by atoms with Gasteiger partial charge in [0, 0.05) is 17.7 Å². The van der Waals surface area contributed by atoms with Crippen LogP contribution in [0.5, 0.6) is 0 Å². The van der Waals surface area contributed by atoms with E-state index in [1.54, 1.807) is 0 Å². The first-order chi connectivity index (χ1) is 10.6. The lowest BCUT2D eigenvalue weighted by Gasteiger charge is -2.37. The number of Topliss-reactive ketones (excluding diaryl/α,β-unsaturated/α-hetero) is 1. The summed E-state index contributed by atoms with van der Waals surface area (Å²) >= 11 is 0. The van der Waals surface area contributed by atoms with Gasteiger partial charge >= 0.3 is 0 Å². The van der Waals surface area contributed by atoms with E-state index in [-0.39, 0.29) is 11.5 Å². The SMILES string of the molecule is CC(C)[Si](C#CC(=O)c1ccc([N+](=O)[O-])cc1)(C(C)C)C(C)C. The summed E-state index contributed by atoms with van der Waals surface area (Å²) < 4.78 is 0. The molecule has 0 saturated carbocycles. The van der Waals surface area contributed by atoms with Crippen molar-refractivity contribution >= 4 is 19.5 Å². The highest BCUT2D eigenvalue weighted by atomic mass is 28.3. The van der Waals surface area contributed by atoms with Gasteiger partial charge in [-0.3, -0.25) is 14.9 Å². The molecule has 1 rings (SSSR count). The first kappa shape index (κ1) is 19.1. The summed E-state index contributed by atoms with van der Waals surface area (Å²) in [7, 11) is -1.94. The molecule has 0 N–H and O–H groups in total. The molecule has 0 amide bonds. The zero-order valence-electron chi connectivity index (χ0n) is 14.7. The molecular formula is C18H25NO3Si. The molecular weight excluding hydrogens is 306 g/mol. The molecule has 1 aromatic rings. The van der Waals surface area contributed by atoms with Gasteiger partial charge in [0.05, 0.1) is 4.92 Å². The van der Waals surface area contributed by atoms with E-state index >= 15 is 0 Å². The second kappa shape index (κ2) is 7.56. The van der Waals surface area contributed by atoms with E-state index in [1.807, 2.05) is 0 Å². The Morgan fingerprint density at radius 1 is 1.00 bits per heavy atom. The number of hydrogen-bond acceptors (Lipinski definition) is 3. The number of hydrogen-bond donors (Lipinski definition) is 0. The van der Waals surface area contributed by atoms with Crippen LogP contribution in [0.1, 0.15) is 51.9 Å². The molecule has 0 aliphatic rings. The van der Waals surface area contributed by atoms with Gasteiger partial charge in [0.15, 0.2) is 0 Å². The number of non-ortho nitro benzene ring substituents is 1. The molecule has 0 spiro atoms. The van der Waals surface area contributed by atoms with E-state index in [4.69, 9.17) is 0 Å². The lowest BCUT2D eigenvalue weighted by molar-refractivity contribution is -0.384. The largest absolute Gasteiger partial charge is 0.279 e. The van der Waals surface area contributed by atoms with Crippen LogP contribution >= 0.6 is 0 Å². The Balaban J connectivity index is 3.16. The van der Waals surface area contributed by atoms with E-state index < -0.39 is 13.0 Å². The molecule has 0 bridgehead atoms. The highest BCUT2D eigenvalue weighted by molar-refractivity contribution is 6.90. The minimum absolute atomic E-state index is 0.0234. The van der Waals surface area contributed by atoms with Gasteiger partial charge in [0.2, 0.25) is 5.78 Å². The van der Waals surface area contributed by atoms with E-state index in [9.17, 15) is 14.9 Å². The molecule has 4 nitrogen and oxygen atoms in total. The summed E-state index contributed by atoms with van der Waals surface area (Å²) in [6, 6.07) is 5.62. The summed E-state index contributed by atoms with van der Waals surface area (Å²) in [5, 5.41) is 10.7. The van der Waals surface area contributed by atoms with Gasteiger partial charge in [-0.1, -0.05) is 41.5 Å². The van der Waals surface area contributed by atoms with Gasteiger partial charge in [-0.2, -0.15) is 0 Å². The maximum atomic E-state index is 12.3. The molecule has 0 aliphatic heterocycles. The lowest BCUT2D eigenvalue weighted by Crippen LogP contribution is -2.43. The number of nitrogens with zero attached hydrogens (tertiary/aromatic N) is 1.